The van der Waals surface area contributed by atoms with Gasteiger partial charge in [0.25, 0.3) is 0 Å². The second-order valence-electron chi connectivity index (χ2n) is 5.13. The lowest BCUT2D eigenvalue weighted by Crippen LogP contribution is -2.24. The Morgan fingerprint density at radius 1 is 1.05 bits per heavy atom. The van der Waals surface area contributed by atoms with Crippen molar-refractivity contribution in [1.29, 1.82) is 0 Å². The summed E-state index contributed by atoms with van der Waals surface area (Å²) in [5.41, 5.74) is 0. The number of carboxylic acid groups (broad SMARTS) is 1. The molecule has 0 bridgehead atoms. The molecule has 0 aromatic carbocycles. The van der Waals surface area contributed by atoms with Gasteiger partial charge in [-0.1, -0.05) is 20.3 Å². The fourth-order valence-corrected chi connectivity index (χ4v) is 1.44. The Kier molecular flexibility index (Phi) is 10.4. The predicted molar refractivity (Wildman–Crippen MR) is 74.1 cm³/mol. The van der Waals surface area contributed by atoms with Crippen LogP contribution in [0.1, 0.15) is 52.4 Å². The van der Waals surface area contributed by atoms with Crippen LogP contribution in [0.15, 0.2) is 0 Å². The summed E-state index contributed by atoms with van der Waals surface area (Å²) < 4.78 is 5.04. The molecule has 20 heavy (non-hydrogen) atoms. The molecule has 0 rings (SSSR count). The number of carboxylic acids is 1. The van der Waals surface area contributed by atoms with Crippen LogP contribution in [0.5, 0.6) is 0 Å². The van der Waals surface area contributed by atoms with Crippen molar-refractivity contribution < 1.29 is 24.2 Å². The summed E-state index contributed by atoms with van der Waals surface area (Å²) in [5.74, 6) is -1.05. The number of carbonyl (C=O) groups excluding carboxylic acids is 2. The zero-order valence-electron chi connectivity index (χ0n) is 12.3. The normalized spacial score (nSPS) is 10.3. The van der Waals surface area contributed by atoms with Gasteiger partial charge < -0.3 is 15.2 Å². The average molecular weight is 287 g/mol. The van der Waals surface area contributed by atoms with Gasteiger partial charge in [-0.25, -0.2) is 0 Å². The summed E-state index contributed by atoms with van der Waals surface area (Å²) in [6.07, 6.45) is 2.61. The third kappa shape index (κ3) is 12.9. The standard InChI is InChI=1S/C14H25NO5/c1-11(2)10-20-14(19)6-4-3-5-9-15-12(16)7-8-13(17)18/h11H,3-10H2,1-2H3,(H,15,16)(H,17,18). The van der Waals surface area contributed by atoms with E-state index in [1.165, 1.54) is 0 Å². The topological polar surface area (TPSA) is 92.7 Å². The molecule has 2 N–H and O–H groups in total. The summed E-state index contributed by atoms with van der Waals surface area (Å²) in [7, 11) is 0. The van der Waals surface area contributed by atoms with Crippen LogP contribution in [0.25, 0.3) is 0 Å². The van der Waals surface area contributed by atoms with E-state index in [-0.39, 0.29) is 24.7 Å². The molecule has 0 aliphatic heterocycles. The summed E-state index contributed by atoms with van der Waals surface area (Å²) in [6.45, 7) is 4.94. The van der Waals surface area contributed by atoms with Crippen molar-refractivity contribution in [1.82, 2.24) is 5.32 Å². The van der Waals surface area contributed by atoms with Gasteiger partial charge in [0, 0.05) is 19.4 Å². The molecule has 0 heterocycles. The van der Waals surface area contributed by atoms with Gasteiger partial charge in [-0.3, -0.25) is 14.4 Å². The first kappa shape index (κ1) is 18.4. The number of esters is 1. The number of rotatable bonds is 11. The Morgan fingerprint density at radius 3 is 2.35 bits per heavy atom. The van der Waals surface area contributed by atoms with Crippen LogP contribution < -0.4 is 5.32 Å². The van der Waals surface area contributed by atoms with Gasteiger partial charge >= 0.3 is 11.9 Å². The van der Waals surface area contributed by atoms with E-state index in [4.69, 9.17) is 9.84 Å². The predicted octanol–water partition coefficient (Wildman–Crippen LogP) is 1.73. The minimum absolute atomic E-state index is 0.0108. The fourth-order valence-electron chi connectivity index (χ4n) is 1.44. The molecule has 0 aliphatic carbocycles. The van der Waals surface area contributed by atoms with Crippen LogP contribution in [0, 0.1) is 5.92 Å². The summed E-state index contributed by atoms with van der Waals surface area (Å²) in [6, 6.07) is 0. The van der Waals surface area contributed by atoms with Crippen molar-refractivity contribution in [3.8, 4) is 0 Å². The molecule has 0 aromatic heterocycles. The van der Waals surface area contributed by atoms with E-state index in [1.807, 2.05) is 13.8 Å². The first-order chi connectivity index (χ1) is 9.41. The van der Waals surface area contributed by atoms with Crippen LogP contribution in [-0.4, -0.2) is 36.1 Å². The van der Waals surface area contributed by atoms with E-state index in [0.717, 1.165) is 19.3 Å². The first-order valence-corrected chi connectivity index (χ1v) is 7.06. The number of amides is 1. The molecule has 0 saturated heterocycles. The van der Waals surface area contributed by atoms with Crippen LogP contribution in [0.2, 0.25) is 0 Å². The van der Waals surface area contributed by atoms with E-state index in [0.29, 0.717) is 25.5 Å². The maximum Gasteiger partial charge on any atom is 0.305 e. The summed E-state index contributed by atoms with van der Waals surface area (Å²) in [4.78, 5) is 32.7. The second-order valence-corrected chi connectivity index (χ2v) is 5.13. The van der Waals surface area contributed by atoms with Crippen molar-refractivity contribution in [3.63, 3.8) is 0 Å². The number of nitrogens with one attached hydrogen (secondary N) is 1. The highest BCUT2D eigenvalue weighted by atomic mass is 16.5. The molecule has 6 nitrogen and oxygen atoms in total. The van der Waals surface area contributed by atoms with E-state index in [1.54, 1.807) is 0 Å². The van der Waals surface area contributed by atoms with E-state index in [9.17, 15) is 14.4 Å². The Balaban J connectivity index is 3.37. The molecule has 0 aliphatic rings. The molecule has 0 spiro atoms. The number of aliphatic carboxylic acids is 1. The minimum atomic E-state index is -0.972. The Hall–Kier alpha value is -1.59. The maximum atomic E-state index is 11.3. The summed E-state index contributed by atoms with van der Waals surface area (Å²) >= 11 is 0. The van der Waals surface area contributed by atoms with Crippen molar-refractivity contribution in [3.05, 3.63) is 0 Å². The zero-order chi connectivity index (χ0) is 15.4. The molecule has 0 saturated carbocycles. The average Bonchev–Trinajstić information content (AvgIpc) is 2.37. The number of hydrogen-bond acceptors (Lipinski definition) is 4. The van der Waals surface area contributed by atoms with Gasteiger partial charge in [0.15, 0.2) is 0 Å². The van der Waals surface area contributed by atoms with Crippen LogP contribution in [0.3, 0.4) is 0 Å². The molecule has 0 atom stereocenters. The van der Waals surface area contributed by atoms with E-state index < -0.39 is 5.97 Å². The van der Waals surface area contributed by atoms with E-state index in [2.05, 4.69) is 5.32 Å². The Labute approximate surface area is 119 Å². The third-order valence-electron chi connectivity index (χ3n) is 2.52. The quantitative estimate of drug-likeness (QED) is 0.446. The van der Waals surface area contributed by atoms with Gasteiger partial charge in [0.05, 0.1) is 13.0 Å². The molecular formula is C14H25NO5. The van der Waals surface area contributed by atoms with Crippen molar-refractivity contribution in [2.75, 3.05) is 13.2 Å². The molecule has 1 amide bonds. The van der Waals surface area contributed by atoms with Gasteiger partial charge in [-0.05, 0) is 18.8 Å². The third-order valence-corrected chi connectivity index (χ3v) is 2.52. The summed E-state index contributed by atoms with van der Waals surface area (Å²) in [5, 5.41) is 11.1. The van der Waals surface area contributed by atoms with Crippen molar-refractivity contribution >= 4 is 17.8 Å². The van der Waals surface area contributed by atoms with Crippen molar-refractivity contribution in [2.24, 2.45) is 5.92 Å². The molecule has 0 fully saturated rings. The van der Waals surface area contributed by atoms with Gasteiger partial charge in [0.2, 0.25) is 5.91 Å². The van der Waals surface area contributed by atoms with Gasteiger partial charge in [0.1, 0.15) is 0 Å². The second kappa shape index (κ2) is 11.3. The highest BCUT2D eigenvalue weighted by molar-refractivity contribution is 5.80. The highest BCUT2D eigenvalue weighted by Crippen LogP contribution is 2.02. The smallest absolute Gasteiger partial charge is 0.305 e. The van der Waals surface area contributed by atoms with Crippen LogP contribution in [-0.2, 0) is 19.1 Å². The lowest BCUT2D eigenvalue weighted by Gasteiger charge is -2.07. The monoisotopic (exact) mass is 287 g/mol. The lowest BCUT2D eigenvalue weighted by atomic mass is 10.2. The zero-order valence-corrected chi connectivity index (χ0v) is 12.3. The van der Waals surface area contributed by atoms with Crippen molar-refractivity contribution in [2.45, 2.75) is 52.4 Å². The van der Waals surface area contributed by atoms with Crippen LogP contribution >= 0.6 is 0 Å². The number of hydrogen-bond donors (Lipinski definition) is 2. The van der Waals surface area contributed by atoms with Crippen LogP contribution in [0.4, 0.5) is 0 Å². The van der Waals surface area contributed by atoms with E-state index >= 15 is 0 Å². The SMILES string of the molecule is CC(C)COC(=O)CCCCCNC(=O)CCC(=O)O. The number of ether oxygens (including phenoxy) is 1. The number of unbranched alkanes of at least 4 members (excludes halogenated alkanes) is 2. The van der Waals surface area contributed by atoms with Gasteiger partial charge in [-0.15, -0.1) is 0 Å². The maximum absolute atomic E-state index is 11.3. The largest absolute Gasteiger partial charge is 0.481 e. The minimum Gasteiger partial charge on any atom is -0.481 e. The Morgan fingerprint density at radius 2 is 1.75 bits per heavy atom. The van der Waals surface area contributed by atoms with Gasteiger partial charge in [-0.2, -0.15) is 0 Å². The highest BCUT2D eigenvalue weighted by Gasteiger charge is 2.05. The molecule has 6 heteroatoms. The first-order valence-electron chi connectivity index (χ1n) is 7.06. The molecule has 0 radical (unpaired) electrons. The Bertz CT molecular complexity index is 315. The molecule has 116 valence electrons. The lowest BCUT2D eigenvalue weighted by molar-refractivity contribution is -0.144. The molecule has 0 unspecified atom stereocenters. The fraction of sp³-hybridized carbons (Fsp3) is 0.786. The number of carbonyl (C=O) groups is 3. The molecular weight excluding hydrogens is 262 g/mol. The molecule has 0 aromatic rings.